The largest absolute Gasteiger partial charge is 0.311 e. The summed E-state index contributed by atoms with van der Waals surface area (Å²) in [5, 5.41) is 0.699. The number of hydrogen-bond acceptors (Lipinski definition) is 2. The van der Waals surface area contributed by atoms with Crippen molar-refractivity contribution >= 4 is 68.8 Å². The molecule has 10 aromatic rings. The van der Waals surface area contributed by atoms with Gasteiger partial charge in [0, 0.05) is 39.0 Å². The molecule has 0 atom stereocenters. The van der Waals surface area contributed by atoms with Crippen LogP contribution in [-0.4, -0.2) is 6.71 Å². The molecule has 0 aromatic heterocycles. The lowest BCUT2D eigenvalue weighted by atomic mass is 9.33. The van der Waals surface area contributed by atoms with Gasteiger partial charge >= 0.3 is 0 Å². The fourth-order valence-corrected chi connectivity index (χ4v) is 10.1. The number of fused-ring (bicyclic) bond motifs is 4. The second kappa shape index (κ2) is 15.8. The lowest BCUT2D eigenvalue weighted by Gasteiger charge is -2.45. The van der Waals surface area contributed by atoms with Crippen molar-refractivity contribution in [2.75, 3.05) is 9.80 Å². The summed E-state index contributed by atoms with van der Waals surface area (Å²) in [5.41, 5.74) is 22.2. The van der Waals surface area contributed by atoms with Crippen LogP contribution in [0.1, 0.15) is 0 Å². The molecule has 0 unspecified atom stereocenters. The van der Waals surface area contributed by atoms with Gasteiger partial charge in [0.2, 0.25) is 0 Å². The van der Waals surface area contributed by atoms with Gasteiger partial charge in [-0.1, -0.05) is 200 Å². The molecule has 0 amide bonds. The average Bonchev–Trinajstić information content (AvgIpc) is 3.37. The SMILES string of the molecule is Clc1ccc(N2c3ccc(-c4ccccc4)cc3B3c4cc(-c5ccccc5)ccc4N(c4ccc(-c5ccccc5)cc4)c4cc(-c5ccccc5)cc2c43)c(-c2ccccc2)c1. The molecule has 2 nitrogen and oxygen atoms in total. The van der Waals surface area contributed by atoms with E-state index in [1.54, 1.807) is 0 Å². The first-order chi connectivity index (χ1) is 31.7. The normalized spacial score (nSPS) is 12.4. The Bertz CT molecular complexity index is 3320. The quantitative estimate of drug-likeness (QED) is 0.148. The zero-order valence-corrected chi connectivity index (χ0v) is 35.7. The minimum atomic E-state index is -0.0873. The van der Waals surface area contributed by atoms with Gasteiger partial charge in [0.15, 0.2) is 0 Å². The van der Waals surface area contributed by atoms with E-state index in [1.165, 1.54) is 55.5 Å². The highest BCUT2D eigenvalue weighted by Gasteiger charge is 2.44. The molecule has 0 saturated carbocycles. The fraction of sp³-hybridized carbons (Fsp3) is 0. The van der Waals surface area contributed by atoms with Gasteiger partial charge in [-0.2, -0.15) is 0 Å². The summed E-state index contributed by atoms with van der Waals surface area (Å²) in [4.78, 5) is 5.01. The van der Waals surface area contributed by atoms with Crippen molar-refractivity contribution in [2.24, 2.45) is 0 Å². The molecule has 0 spiro atoms. The van der Waals surface area contributed by atoms with E-state index in [0.29, 0.717) is 5.02 Å². The topological polar surface area (TPSA) is 6.48 Å². The number of benzene rings is 10. The number of rotatable bonds is 7. The Hall–Kier alpha value is -7.85. The molecule has 4 heteroatoms. The van der Waals surface area contributed by atoms with Crippen molar-refractivity contribution < 1.29 is 0 Å². The Kier molecular flexibility index (Phi) is 9.36. The van der Waals surface area contributed by atoms with Gasteiger partial charge in [-0.05, 0) is 121 Å². The zero-order valence-electron chi connectivity index (χ0n) is 34.9. The van der Waals surface area contributed by atoms with Gasteiger partial charge in [-0.15, -0.1) is 0 Å². The molecule has 12 rings (SSSR count). The third-order valence-electron chi connectivity index (χ3n) is 12.9. The van der Waals surface area contributed by atoms with E-state index in [0.717, 1.165) is 50.7 Å². The van der Waals surface area contributed by atoms with Crippen molar-refractivity contribution in [2.45, 2.75) is 0 Å². The summed E-state index contributed by atoms with van der Waals surface area (Å²) < 4.78 is 0. The fourth-order valence-electron chi connectivity index (χ4n) is 9.95. The average molecular weight is 835 g/mol. The van der Waals surface area contributed by atoms with E-state index in [1.807, 2.05) is 6.07 Å². The summed E-state index contributed by atoms with van der Waals surface area (Å²) in [7, 11) is 0. The van der Waals surface area contributed by atoms with Crippen molar-refractivity contribution in [3.8, 4) is 55.6 Å². The van der Waals surface area contributed by atoms with E-state index in [9.17, 15) is 0 Å². The van der Waals surface area contributed by atoms with Gasteiger partial charge in [0.25, 0.3) is 6.71 Å². The first-order valence-electron chi connectivity index (χ1n) is 21.9. The van der Waals surface area contributed by atoms with E-state index in [4.69, 9.17) is 11.6 Å². The minimum absolute atomic E-state index is 0.0873. The summed E-state index contributed by atoms with van der Waals surface area (Å²) >= 11 is 6.91. The van der Waals surface area contributed by atoms with Gasteiger partial charge in [0.05, 0.1) is 5.69 Å². The van der Waals surface area contributed by atoms with Gasteiger partial charge in [0.1, 0.15) is 0 Å². The molecular formula is C60H40BClN2. The third-order valence-corrected chi connectivity index (χ3v) is 13.1. The summed E-state index contributed by atoms with van der Waals surface area (Å²) in [6.45, 7) is -0.0873. The zero-order chi connectivity index (χ0) is 42.6. The lowest BCUT2D eigenvalue weighted by molar-refractivity contribution is 1.25. The van der Waals surface area contributed by atoms with E-state index in [-0.39, 0.29) is 6.71 Å². The summed E-state index contributed by atoms with van der Waals surface area (Å²) in [5.74, 6) is 0. The highest BCUT2D eigenvalue weighted by atomic mass is 35.5. The molecule has 0 bridgehead atoms. The Morgan fingerprint density at radius 3 is 1.19 bits per heavy atom. The molecular weight excluding hydrogens is 795 g/mol. The number of hydrogen-bond donors (Lipinski definition) is 0. The van der Waals surface area contributed by atoms with E-state index in [2.05, 4.69) is 246 Å². The van der Waals surface area contributed by atoms with Gasteiger partial charge in [-0.3, -0.25) is 0 Å². The molecule has 0 fully saturated rings. The second-order valence-corrected chi connectivity index (χ2v) is 17.1. The van der Waals surface area contributed by atoms with Gasteiger partial charge < -0.3 is 9.80 Å². The van der Waals surface area contributed by atoms with Crippen molar-refractivity contribution in [3.63, 3.8) is 0 Å². The third kappa shape index (κ3) is 6.52. The number of nitrogens with zero attached hydrogens (tertiary/aromatic N) is 2. The van der Waals surface area contributed by atoms with Gasteiger partial charge in [-0.25, -0.2) is 0 Å². The standard InChI is InChI=1S/C60H40BClN2/c62-50-30-35-55(52(40-50)46-24-14-5-15-25-46)64-57-34-29-48(43-20-10-3-11-21-43)37-54(57)61-53-36-47(42-18-8-2-9-19-42)28-33-56(53)63(51-31-26-45(27-32-51)41-16-6-1-7-17-41)58-38-49(39-59(64)60(58)61)44-22-12-4-13-23-44/h1-40H. The van der Waals surface area contributed by atoms with Crippen molar-refractivity contribution in [1.82, 2.24) is 0 Å². The molecule has 0 aliphatic carbocycles. The maximum Gasteiger partial charge on any atom is 0.252 e. The number of anilines is 6. The molecule has 0 radical (unpaired) electrons. The Morgan fingerprint density at radius 2 is 0.672 bits per heavy atom. The maximum atomic E-state index is 6.91. The van der Waals surface area contributed by atoms with E-state index < -0.39 is 0 Å². The second-order valence-electron chi connectivity index (χ2n) is 16.6. The number of halogens is 1. The van der Waals surface area contributed by atoms with Crippen LogP contribution in [0.4, 0.5) is 34.1 Å². The molecule has 0 saturated heterocycles. The predicted molar refractivity (Wildman–Crippen MR) is 273 cm³/mol. The summed E-state index contributed by atoms with van der Waals surface area (Å²) in [6.07, 6.45) is 0. The van der Waals surface area contributed by atoms with Crippen LogP contribution in [0.3, 0.4) is 0 Å². The van der Waals surface area contributed by atoms with Crippen molar-refractivity contribution in [1.29, 1.82) is 0 Å². The minimum Gasteiger partial charge on any atom is -0.311 e. The van der Waals surface area contributed by atoms with Crippen LogP contribution in [0.15, 0.2) is 243 Å². The van der Waals surface area contributed by atoms with Crippen LogP contribution < -0.4 is 26.2 Å². The Morgan fingerprint density at radius 1 is 0.281 bits per heavy atom. The first kappa shape index (κ1) is 37.9. The molecule has 2 aliphatic heterocycles. The van der Waals surface area contributed by atoms with Crippen LogP contribution in [0.2, 0.25) is 5.02 Å². The lowest BCUT2D eigenvalue weighted by Crippen LogP contribution is -2.61. The highest BCUT2D eigenvalue weighted by Crippen LogP contribution is 2.49. The van der Waals surface area contributed by atoms with Crippen LogP contribution >= 0.6 is 11.6 Å². The van der Waals surface area contributed by atoms with Crippen LogP contribution in [0.25, 0.3) is 55.6 Å². The highest BCUT2D eigenvalue weighted by molar-refractivity contribution is 7.00. The molecule has 64 heavy (non-hydrogen) atoms. The first-order valence-corrected chi connectivity index (χ1v) is 22.3. The molecule has 10 aromatic carbocycles. The monoisotopic (exact) mass is 834 g/mol. The Balaban J connectivity index is 1.19. The molecule has 2 heterocycles. The van der Waals surface area contributed by atoms with Crippen LogP contribution in [-0.2, 0) is 0 Å². The predicted octanol–water partition coefficient (Wildman–Crippen LogP) is 14.8. The smallest absolute Gasteiger partial charge is 0.252 e. The summed E-state index contributed by atoms with van der Waals surface area (Å²) in [6, 6.07) is 88.1. The Labute approximate surface area is 380 Å². The van der Waals surface area contributed by atoms with E-state index >= 15 is 0 Å². The molecule has 300 valence electrons. The van der Waals surface area contributed by atoms with Crippen molar-refractivity contribution in [3.05, 3.63) is 248 Å². The van der Waals surface area contributed by atoms with Crippen LogP contribution in [0, 0.1) is 0 Å². The molecule has 2 aliphatic rings. The maximum absolute atomic E-state index is 6.91. The molecule has 0 N–H and O–H groups in total. The van der Waals surface area contributed by atoms with Crippen LogP contribution in [0.5, 0.6) is 0 Å².